The molecule has 46 heavy (non-hydrogen) atoms. The van der Waals surface area contributed by atoms with Crippen LogP contribution in [0.4, 0.5) is 10.1 Å². The molecule has 4 aromatic rings. The summed E-state index contributed by atoms with van der Waals surface area (Å²) in [7, 11) is 0. The van der Waals surface area contributed by atoms with E-state index in [1.165, 1.54) is 23.9 Å². The van der Waals surface area contributed by atoms with Gasteiger partial charge >= 0.3 is 5.97 Å². The number of ketones is 1. The summed E-state index contributed by atoms with van der Waals surface area (Å²) in [4.78, 5) is 31.0. The Morgan fingerprint density at radius 1 is 1.04 bits per heavy atom. The number of para-hydroxylation sites is 1. The second-order valence-electron chi connectivity index (χ2n) is 12.2. The maximum absolute atomic E-state index is 14.4. The molecule has 1 aromatic heterocycles. The lowest BCUT2D eigenvalue weighted by atomic mass is 9.68. The Bertz CT molecular complexity index is 1880. The molecule has 1 unspecified atom stereocenters. The number of anilines is 1. The molecule has 3 aromatic carbocycles. The molecule has 2 N–H and O–H groups in total. The van der Waals surface area contributed by atoms with Crippen molar-refractivity contribution in [1.29, 1.82) is 0 Å². The largest absolute Gasteiger partial charge is 0.463 e. The number of nitrogens with two attached hydrogens (primary N) is 1. The molecule has 0 saturated carbocycles. The Morgan fingerprint density at radius 2 is 1.72 bits per heavy atom. The third-order valence-electron chi connectivity index (χ3n) is 8.22. The monoisotopic (exact) mass is 656 g/mol. The Labute approximate surface area is 276 Å². The number of carbonyl (C=O) groups is 2. The van der Waals surface area contributed by atoms with Gasteiger partial charge in [-0.2, -0.15) is 5.10 Å². The molecule has 1 atom stereocenters. The fraction of sp³-hybridized carbons (Fsp3) is 0.250. The predicted molar refractivity (Wildman–Crippen MR) is 178 cm³/mol. The molecule has 0 spiro atoms. The van der Waals surface area contributed by atoms with E-state index in [2.05, 4.69) is 0 Å². The second-order valence-corrected chi connectivity index (χ2v) is 13.7. The molecule has 0 saturated heterocycles. The molecule has 2 heterocycles. The van der Waals surface area contributed by atoms with E-state index in [1.807, 2.05) is 80.1 Å². The molecule has 1 aliphatic heterocycles. The minimum Gasteiger partial charge on any atom is -0.463 e. The van der Waals surface area contributed by atoms with E-state index in [9.17, 15) is 14.0 Å². The average molecular weight is 657 g/mol. The number of aromatic nitrogens is 2. The maximum atomic E-state index is 14.4. The fourth-order valence-corrected chi connectivity index (χ4v) is 7.53. The van der Waals surface area contributed by atoms with Crippen LogP contribution in [-0.4, -0.2) is 28.1 Å². The summed E-state index contributed by atoms with van der Waals surface area (Å²) in [6.07, 6.45) is 0.783. The van der Waals surface area contributed by atoms with Crippen molar-refractivity contribution in [3.05, 3.63) is 124 Å². The van der Waals surface area contributed by atoms with Gasteiger partial charge in [-0.05, 0) is 86.3 Å². The number of rotatable bonds is 7. The summed E-state index contributed by atoms with van der Waals surface area (Å²) in [5.74, 6) is -1.85. The molecule has 0 fully saturated rings. The first kappa shape index (κ1) is 31.6. The Kier molecular flexibility index (Phi) is 8.56. The van der Waals surface area contributed by atoms with Crippen molar-refractivity contribution in [1.82, 2.24) is 9.78 Å². The number of hydrogen-bond acceptors (Lipinski definition) is 7. The van der Waals surface area contributed by atoms with Gasteiger partial charge in [0.15, 0.2) is 5.78 Å². The SMILES string of the molecule is CCOC(=O)C1=C(N)N(c2ccc(F)cc2)C2=C(C(=O)CC(C)(C)C2)C1c1c(C)nn(-c2ccccc2)c1Sc1ccc(Cl)cc1. The van der Waals surface area contributed by atoms with Gasteiger partial charge < -0.3 is 10.5 Å². The summed E-state index contributed by atoms with van der Waals surface area (Å²) in [6.45, 7) is 7.79. The number of Topliss-reactive ketones (excluding diaryl/α,β-unsaturated/α-hetero) is 1. The summed E-state index contributed by atoms with van der Waals surface area (Å²) in [5, 5.41) is 6.31. The molecule has 1 aliphatic carbocycles. The van der Waals surface area contributed by atoms with E-state index in [1.54, 1.807) is 24.0 Å². The van der Waals surface area contributed by atoms with Gasteiger partial charge in [0.05, 0.1) is 29.5 Å². The number of benzene rings is 3. The van der Waals surface area contributed by atoms with Crippen molar-refractivity contribution >= 4 is 40.8 Å². The normalized spacial score (nSPS) is 17.7. The third kappa shape index (κ3) is 5.85. The van der Waals surface area contributed by atoms with Crippen molar-refractivity contribution in [3.8, 4) is 5.69 Å². The number of aryl methyl sites for hydroxylation is 1. The number of halogens is 2. The Balaban J connectivity index is 1.67. The van der Waals surface area contributed by atoms with Crippen molar-refractivity contribution in [2.45, 2.75) is 56.4 Å². The molecule has 10 heteroatoms. The van der Waals surface area contributed by atoms with Crippen LogP contribution in [-0.2, 0) is 14.3 Å². The molecule has 0 radical (unpaired) electrons. The zero-order valence-electron chi connectivity index (χ0n) is 26.0. The lowest BCUT2D eigenvalue weighted by molar-refractivity contribution is -0.138. The highest BCUT2D eigenvalue weighted by Crippen LogP contribution is 2.53. The van der Waals surface area contributed by atoms with Crippen LogP contribution in [0.2, 0.25) is 5.02 Å². The molecule has 0 amide bonds. The first-order valence-corrected chi connectivity index (χ1v) is 16.3. The van der Waals surface area contributed by atoms with Gasteiger partial charge in [0.2, 0.25) is 0 Å². The van der Waals surface area contributed by atoms with Crippen LogP contribution in [0, 0.1) is 18.2 Å². The third-order valence-corrected chi connectivity index (χ3v) is 9.57. The maximum Gasteiger partial charge on any atom is 0.338 e. The number of esters is 1. The first-order valence-electron chi connectivity index (χ1n) is 15.1. The highest BCUT2D eigenvalue weighted by molar-refractivity contribution is 7.99. The highest BCUT2D eigenvalue weighted by atomic mass is 35.5. The van der Waals surface area contributed by atoms with Crippen LogP contribution in [0.1, 0.15) is 50.8 Å². The standard InChI is InChI=1S/C36H34ClFN4O3S/c1-5-45-35(44)32-31(30-27(19-36(3,4)20-28(30)43)41(33(32)39)24-15-13-23(38)14-16-24)29-21(2)40-42(25-9-7-6-8-10-25)34(29)46-26-17-11-22(37)12-18-26/h6-18,31H,5,19-20,39H2,1-4H3. The van der Waals surface area contributed by atoms with Crippen molar-refractivity contribution in [2.24, 2.45) is 11.1 Å². The molecule has 6 rings (SSSR count). The zero-order valence-corrected chi connectivity index (χ0v) is 27.6. The fourth-order valence-electron chi connectivity index (χ4n) is 6.30. The quantitative estimate of drug-likeness (QED) is 0.201. The van der Waals surface area contributed by atoms with Gasteiger partial charge in [-0.25, -0.2) is 13.9 Å². The van der Waals surface area contributed by atoms with E-state index in [0.717, 1.165) is 15.6 Å². The van der Waals surface area contributed by atoms with Crippen LogP contribution in [0.15, 0.2) is 111 Å². The van der Waals surface area contributed by atoms with E-state index < -0.39 is 17.7 Å². The lowest BCUT2D eigenvalue weighted by Crippen LogP contribution is -2.44. The number of allylic oxidation sites excluding steroid dienone is 2. The minimum atomic E-state index is -0.860. The first-order chi connectivity index (χ1) is 22.0. The summed E-state index contributed by atoms with van der Waals surface area (Å²) >= 11 is 7.68. The number of carbonyl (C=O) groups excluding carboxylic acids is 2. The Morgan fingerprint density at radius 3 is 2.37 bits per heavy atom. The predicted octanol–water partition coefficient (Wildman–Crippen LogP) is 8.10. The van der Waals surface area contributed by atoms with Gasteiger partial charge in [-0.1, -0.05) is 55.4 Å². The van der Waals surface area contributed by atoms with Crippen LogP contribution in [0.3, 0.4) is 0 Å². The van der Waals surface area contributed by atoms with Gasteiger partial charge in [0.25, 0.3) is 0 Å². The van der Waals surface area contributed by atoms with Crippen LogP contribution < -0.4 is 10.6 Å². The van der Waals surface area contributed by atoms with Crippen LogP contribution in [0.25, 0.3) is 5.69 Å². The van der Waals surface area contributed by atoms with Gasteiger partial charge in [-0.3, -0.25) is 9.69 Å². The second kappa shape index (κ2) is 12.5. The van der Waals surface area contributed by atoms with E-state index in [4.69, 9.17) is 27.2 Å². The summed E-state index contributed by atoms with van der Waals surface area (Å²) in [5.41, 5.74) is 10.6. The van der Waals surface area contributed by atoms with Gasteiger partial charge in [-0.15, -0.1) is 0 Å². The molecule has 2 aliphatic rings. The topological polar surface area (TPSA) is 90.4 Å². The number of ether oxygens (including phenoxy) is 1. The highest BCUT2D eigenvalue weighted by Gasteiger charge is 2.48. The van der Waals surface area contributed by atoms with E-state index >= 15 is 0 Å². The molecule has 236 valence electrons. The van der Waals surface area contributed by atoms with Gasteiger partial charge in [0, 0.05) is 38.9 Å². The summed E-state index contributed by atoms with van der Waals surface area (Å²) < 4.78 is 21.5. The molecular formula is C36H34ClFN4O3S. The summed E-state index contributed by atoms with van der Waals surface area (Å²) in [6, 6.07) is 23.0. The number of nitrogens with zero attached hydrogens (tertiary/aromatic N) is 3. The zero-order chi connectivity index (χ0) is 32.7. The van der Waals surface area contributed by atoms with Crippen molar-refractivity contribution in [3.63, 3.8) is 0 Å². The van der Waals surface area contributed by atoms with E-state index in [0.29, 0.717) is 39.7 Å². The van der Waals surface area contributed by atoms with Crippen molar-refractivity contribution in [2.75, 3.05) is 11.5 Å². The average Bonchev–Trinajstić information content (AvgIpc) is 3.33. The van der Waals surface area contributed by atoms with Crippen LogP contribution >= 0.6 is 23.4 Å². The number of hydrogen-bond donors (Lipinski definition) is 1. The molecule has 7 nitrogen and oxygen atoms in total. The minimum absolute atomic E-state index is 0.0908. The Hall–Kier alpha value is -4.34. The molecular weight excluding hydrogens is 623 g/mol. The van der Waals surface area contributed by atoms with E-state index in [-0.39, 0.29) is 35.6 Å². The smallest absolute Gasteiger partial charge is 0.338 e. The van der Waals surface area contributed by atoms with Gasteiger partial charge in [0.1, 0.15) is 16.7 Å². The molecule has 0 bridgehead atoms. The van der Waals surface area contributed by atoms with Crippen molar-refractivity contribution < 1.29 is 18.7 Å². The lowest BCUT2D eigenvalue weighted by Gasteiger charge is -2.44. The van der Waals surface area contributed by atoms with Crippen LogP contribution in [0.5, 0.6) is 0 Å².